The highest BCUT2D eigenvalue weighted by Crippen LogP contribution is 2.28. The summed E-state index contributed by atoms with van der Waals surface area (Å²) in [6.45, 7) is 4.02. The van der Waals surface area contributed by atoms with Crippen LogP contribution in [0.4, 0.5) is 0 Å². The van der Waals surface area contributed by atoms with E-state index in [0.717, 1.165) is 27.4 Å². The van der Waals surface area contributed by atoms with Gasteiger partial charge in [-0.25, -0.2) is 10.1 Å². The topological polar surface area (TPSA) is 58.6 Å². The molecule has 2 heterocycles. The number of rotatable bonds is 2. The lowest BCUT2D eigenvalue weighted by Gasteiger charge is -2.02. The van der Waals surface area contributed by atoms with Crippen molar-refractivity contribution >= 4 is 21.6 Å². The number of hydrogen-bond acceptors (Lipinski definition) is 4. The normalized spacial score (nSPS) is 11.1. The number of nitrogens with one attached hydrogen (secondary N) is 1. The molecule has 4 nitrogen and oxygen atoms in total. The van der Waals surface area contributed by atoms with Crippen molar-refractivity contribution < 1.29 is 0 Å². The summed E-state index contributed by atoms with van der Waals surface area (Å²) < 4.78 is 0.852. The smallest absolute Gasteiger partial charge is 0.265 e. The molecule has 0 aliphatic rings. The van der Waals surface area contributed by atoms with Crippen LogP contribution in [-0.4, -0.2) is 15.2 Å². The van der Waals surface area contributed by atoms with Crippen LogP contribution in [0.3, 0.4) is 0 Å². The van der Waals surface area contributed by atoms with Gasteiger partial charge in [-0.05, 0) is 18.9 Å². The predicted molar refractivity (Wildman–Crippen MR) is 77.6 cm³/mol. The Bertz CT molecular complexity index is 787. The molecule has 0 aliphatic heterocycles. The molecule has 0 spiro atoms. The average Bonchev–Trinajstić information content (AvgIpc) is 2.82. The van der Waals surface area contributed by atoms with Gasteiger partial charge in [0.25, 0.3) is 5.56 Å². The Hall–Kier alpha value is -2.01. The van der Waals surface area contributed by atoms with Crippen LogP contribution in [0.15, 0.2) is 29.1 Å². The summed E-state index contributed by atoms with van der Waals surface area (Å²) in [5, 5.41) is 7.58. The van der Waals surface area contributed by atoms with Crippen LogP contribution < -0.4 is 5.56 Å². The summed E-state index contributed by atoms with van der Waals surface area (Å²) in [6, 6.07) is 8.24. The van der Waals surface area contributed by atoms with Crippen LogP contribution in [0.2, 0.25) is 0 Å². The first-order valence-corrected chi connectivity index (χ1v) is 6.96. The van der Waals surface area contributed by atoms with E-state index in [0.29, 0.717) is 5.52 Å². The molecule has 0 bridgehead atoms. The third-order valence-electron chi connectivity index (χ3n) is 3.07. The molecule has 0 saturated heterocycles. The van der Waals surface area contributed by atoms with Gasteiger partial charge >= 0.3 is 0 Å². The summed E-state index contributed by atoms with van der Waals surface area (Å²) in [7, 11) is 0. The van der Waals surface area contributed by atoms with E-state index in [1.807, 2.05) is 19.1 Å². The van der Waals surface area contributed by atoms with Gasteiger partial charge in [-0.1, -0.05) is 31.2 Å². The minimum absolute atomic E-state index is 0.228. The highest BCUT2D eigenvalue weighted by Gasteiger charge is 2.12. The van der Waals surface area contributed by atoms with E-state index in [4.69, 9.17) is 0 Å². The molecular formula is C14H13N3OS. The molecule has 19 heavy (non-hydrogen) atoms. The van der Waals surface area contributed by atoms with Gasteiger partial charge in [-0.3, -0.25) is 4.79 Å². The summed E-state index contributed by atoms with van der Waals surface area (Å²) in [5.74, 6) is 0. The zero-order valence-corrected chi connectivity index (χ0v) is 11.5. The molecule has 0 fully saturated rings. The van der Waals surface area contributed by atoms with E-state index >= 15 is 0 Å². The van der Waals surface area contributed by atoms with Crippen molar-refractivity contribution in [2.45, 2.75) is 20.3 Å². The van der Waals surface area contributed by atoms with Gasteiger partial charge in [0.2, 0.25) is 0 Å². The first kappa shape index (κ1) is 12.0. The zero-order valence-electron chi connectivity index (χ0n) is 10.7. The van der Waals surface area contributed by atoms with Crippen LogP contribution in [0.1, 0.15) is 17.5 Å². The Morgan fingerprint density at radius 1 is 1.26 bits per heavy atom. The molecule has 3 rings (SSSR count). The lowest BCUT2D eigenvalue weighted by atomic mass is 10.1. The number of aromatic amines is 1. The number of fused-ring (bicyclic) bond motifs is 1. The van der Waals surface area contributed by atoms with E-state index in [9.17, 15) is 4.79 Å². The van der Waals surface area contributed by atoms with Crippen LogP contribution in [-0.2, 0) is 6.42 Å². The lowest BCUT2D eigenvalue weighted by Crippen LogP contribution is -2.09. The standard InChI is InChI=1S/C14H13N3OS/c1-3-9-4-6-10(7-5-9)11-13-12(14(18)17-16-11)15-8(2)19-13/h4-7H,3H2,1-2H3,(H,17,18). The highest BCUT2D eigenvalue weighted by atomic mass is 32.1. The summed E-state index contributed by atoms with van der Waals surface area (Å²) >= 11 is 1.50. The van der Waals surface area contributed by atoms with Gasteiger partial charge in [0, 0.05) is 5.56 Å². The fourth-order valence-corrected chi connectivity index (χ4v) is 2.97. The van der Waals surface area contributed by atoms with Crippen molar-refractivity contribution in [2.24, 2.45) is 0 Å². The lowest BCUT2D eigenvalue weighted by molar-refractivity contribution is 1.01. The average molecular weight is 271 g/mol. The molecule has 0 radical (unpaired) electrons. The molecule has 1 N–H and O–H groups in total. The third-order valence-corrected chi connectivity index (χ3v) is 4.05. The molecule has 3 aromatic rings. The maximum Gasteiger partial charge on any atom is 0.291 e. The maximum absolute atomic E-state index is 11.7. The number of thiazole rings is 1. The second-order valence-electron chi connectivity index (χ2n) is 4.36. The number of aromatic nitrogens is 3. The molecule has 0 atom stereocenters. The molecule has 0 amide bonds. The number of aryl methyl sites for hydroxylation is 2. The fourth-order valence-electron chi connectivity index (χ4n) is 2.05. The minimum Gasteiger partial charge on any atom is -0.265 e. The molecule has 1 aromatic carbocycles. The molecule has 0 saturated carbocycles. The maximum atomic E-state index is 11.7. The van der Waals surface area contributed by atoms with E-state index in [2.05, 4.69) is 34.2 Å². The minimum atomic E-state index is -0.228. The molecule has 96 valence electrons. The Kier molecular flexibility index (Phi) is 2.91. The predicted octanol–water partition coefficient (Wildman–Crippen LogP) is 2.92. The molecule has 0 aliphatic carbocycles. The number of H-pyrrole nitrogens is 1. The van der Waals surface area contributed by atoms with Gasteiger partial charge in [0.05, 0.1) is 9.71 Å². The van der Waals surface area contributed by atoms with Gasteiger partial charge < -0.3 is 0 Å². The van der Waals surface area contributed by atoms with E-state index in [1.54, 1.807) is 0 Å². The number of nitrogens with zero attached hydrogens (tertiary/aromatic N) is 2. The second-order valence-corrected chi connectivity index (χ2v) is 5.57. The third kappa shape index (κ3) is 2.06. The Morgan fingerprint density at radius 2 is 2.00 bits per heavy atom. The second kappa shape index (κ2) is 4.59. The van der Waals surface area contributed by atoms with Gasteiger partial charge in [-0.2, -0.15) is 5.10 Å². The van der Waals surface area contributed by atoms with Gasteiger partial charge in [0.15, 0.2) is 5.52 Å². The van der Waals surface area contributed by atoms with Crippen molar-refractivity contribution in [3.8, 4) is 11.3 Å². The first-order chi connectivity index (χ1) is 9.19. The Morgan fingerprint density at radius 3 is 2.68 bits per heavy atom. The Balaban J connectivity index is 2.24. The molecule has 2 aromatic heterocycles. The van der Waals surface area contributed by atoms with Crippen molar-refractivity contribution in [3.05, 3.63) is 45.2 Å². The zero-order chi connectivity index (χ0) is 13.4. The summed E-state index contributed by atoms with van der Waals surface area (Å²) in [4.78, 5) is 16.0. The van der Waals surface area contributed by atoms with Crippen molar-refractivity contribution in [1.29, 1.82) is 0 Å². The van der Waals surface area contributed by atoms with Crippen LogP contribution in [0.5, 0.6) is 0 Å². The monoisotopic (exact) mass is 271 g/mol. The fraction of sp³-hybridized carbons (Fsp3) is 0.214. The summed E-state index contributed by atoms with van der Waals surface area (Å²) in [5.41, 5.74) is 3.33. The highest BCUT2D eigenvalue weighted by molar-refractivity contribution is 7.19. The number of hydrogen-bond donors (Lipinski definition) is 1. The quantitative estimate of drug-likeness (QED) is 0.779. The SMILES string of the molecule is CCc1ccc(-c2n[nH]c(=O)c3nc(C)sc23)cc1. The largest absolute Gasteiger partial charge is 0.291 e. The van der Waals surface area contributed by atoms with Crippen LogP contribution in [0.25, 0.3) is 21.5 Å². The van der Waals surface area contributed by atoms with Crippen LogP contribution in [0, 0.1) is 6.92 Å². The number of benzene rings is 1. The van der Waals surface area contributed by atoms with Gasteiger partial charge in [0.1, 0.15) is 5.69 Å². The van der Waals surface area contributed by atoms with E-state index in [1.165, 1.54) is 16.9 Å². The Labute approximate surface area is 114 Å². The van der Waals surface area contributed by atoms with Crippen molar-refractivity contribution in [1.82, 2.24) is 15.2 Å². The van der Waals surface area contributed by atoms with Crippen molar-refractivity contribution in [2.75, 3.05) is 0 Å². The first-order valence-electron chi connectivity index (χ1n) is 6.14. The van der Waals surface area contributed by atoms with E-state index in [-0.39, 0.29) is 5.56 Å². The van der Waals surface area contributed by atoms with Crippen molar-refractivity contribution in [3.63, 3.8) is 0 Å². The van der Waals surface area contributed by atoms with E-state index < -0.39 is 0 Å². The molecule has 0 unspecified atom stereocenters. The molecule has 5 heteroatoms. The van der Waals surface area contributed by atoms with Gasteiger partial charge in [-0.15, -0.1) is 11.3 Å². The van der Waals surface area contributed by atoms with Crippen LogP contribution >= 0.6 is 11.3 Å². The summed E-state index contributed by atoms with van der Waals surface area (Å²) in [6.07, 6.45) is 1.01. The molecular weight excluding hydrogens is 258 g/mol.